The van der Waals surface area contributed by atoms with Crippen molar-refractivity contribution < 1.29 is 14.7 Å². The van der Waals surface area contributed by atoms with Crippen LogP contribution in [0.15, 0.2) is 23.6 Å². The number of halogens is 2. The van der Waals surface area contributed by atoms with Crippen LogP contribution in [-0.4, -0.2) is 22.2 Å². The number of benzene rings is 1. The molecule has 1 aromatic heterocycles. The van der Waals surface area contributed by atoms with Crippen molar-refractivity contribution in [2.75, 3.05) is 10.2 Å². The predicted molar refractivity (Wildman–Crippen MR) is 82.8 cm³/mol. The third kappa shape index (κ3) is 3.44. The number of carbonyl (C=O) groups is 2. The standard InChI is InChI=1S/C12H9Cl2N3O3S/c1-6-5-21-11(15-6)17(12(19)20)10(18)16-9-7(13)3-2-4-8(9)14/h2-5H,1H3,(H,16,18)(H,19,20). The van der Waals surface area contributed by atoms with Crippen molar-refractivity contribution in [2.24, 2.45) is 0 Å². The Morgan fingerprint density at radius 1 is 1.33 bits per heavy atom. The van der Waals surface area contributed by atoms with E-state index < -0.39 is 12.1 Å². The molecule has 0 saturated heterocycles. The van der Waals surface area contributed by atoms with E-state index in [9.17, 15) is 14.7 Å². The predicted octanol–water partition coefficient (Wildman–Crippen LogP) is 4.47. The van der Waals surface area contributed by atoms with Gasteiger partial charge in [-0.05, 0) is 19.1 Å². The maximum absolute atomic E-state index is 12.2. The fraction of sp³-hybridized carbons (Fsp3) is 0.0833. The van der Waals surface area contributed by atoms with Gasteiger partial charge in [-0.1, -0.05) is 29.3 Å². The van der Waals surface area contributed by atoms with Gasteiger partial charge in [0.1, 0.15) is 0 Å². The van der Waals surface area contributed by atoms with Gasteiger partial charge in [-0.3, -0.25) is 0 Å². The molecule has 0 aliphatic heterocycles. The molecule has 0 fully saturated rings. The van der Waals surface area contributed by atoms with Crippen LogP contribution in [0.1, 0.15) is 5.69 Å². The van der Waals surface area contributed by atoms with E-state index in [0.717, 1.165) is 11.3 Å². The van der Waals surface area contributed by atoms with Crippen molar-refractivity contribution in [3.05, 3.63) is 39.3 Å². The van der Waals surface area contributed by atoms with Crippen LogP contribution in [0.25, 0.3) is 0 Å². The van der Waals surface area contributed by atoms with Crippen LogP contribution >= 0.6 is 34.5 Å². The van der Waals surface area contributed by atoms with Crippen molar-refractivity contribution >= 4 is 57.5 Å². The zero-order valence-electron chi connectivity index (χ0n) is 10.6. The summed E-state index contributed by atoms with van der Waals surface area (Å²) in [5.41, 5.74) is 0.759. The highest BCUT2D eigenvalue weighted by Gasteiger charge is 2.26. The van der Waals surface area contributed by atoms with E-state index in [2.05, 4.69) is 10.3 Å². The number of anilines is 2. The number of amides is 3. The summed E-state index contributed by atoms with van der Waals surface area (Å²) in [5.74, 6) is 0. The molecule has 2 N–H and O–H groups in total. The van der Waals surface area contributed by atoms with E-state index in [1.807, 2.05) is 0 Å². The molecule has 1 aromatic carbocycles. The summed E-state index contributed by atoms with van der Waals surface area (Å²) in [7, 11) is 0. The number of imide groups is 1. The third-order valence-corrected chi connectivity index (χ3v) is 3.96. The van der Waals surface area contributed by atoms with Gasteiger partial charge < -0.3 is 10.4 Å². The Morgan fingerprint density at radius 2 is 1.95 bits per heavy atom. The zero-order chi connectivity index (χ0) is 15.6. The van der Waals surface area contributed by atoms with Crippen molar-refractivity contribution in [2.45, 2.75) is 6.92 Å². The molecule has 2 rings (SSSR count). The number of aryl methyl sites for hydroxylation is 1. The number of carbonyl (C=O) groups excluding carboxylic acids is 1. The number of hydrogen-bond donors (Lipinski definition) is 2. The smallest absolute Gasteiger partial charge is 0.422 e. The highest BCUT2D eigenvalue weighted by atomic mass is 35.5. The molecule has 0 bridgehead atoms. The molecule has 2 aromatic rings. The minimum Gasteiger partial charge on any atom is -0.464 e. The fourth-order valence-electron chi connectivity index (χ4n) is 1.48. The quantitative estimate of drug-likeness (QED) is 0.840. The minimum absolute atomic E-state index is 0.0423. The molecule has 0 aliphatic carbocycles. The van der Waals surface area contributed by atoms with E-state index >= 15 is 0 Å². The summed E-state index contributed by atoms with van der Waals surface area (Å²) in [6.45, 7) is 1.70. The number of carboxylic acid groups (broad SMARTS) is 1. The topological polar surface area (TPSA) is 82.5 Å². The Labute approximate surface area is 133 Å². The average Bonchev–Trinajstić information content (AvgIpc) is 2.80. The van der Waals surface area contributed by atoms with Crippen LogP contribution in [-0.2, 0) is 0 Å². The summed E-state index contributed by atoms with van der Waals surface area (Å²) in [4.78, 5) is 27.9. The molecule has 110 valence electrons. The largest absolute Gasteiger partial charge is 0.464 e. The van der Waals surface area contributed by atoms with Gasteiger partial charge in [0.2, 0.25) is 5.13 Å². The second-order valence-corrected chi connectivity index (χ2v) is 5.57. The molecule has 0 radical (unpaired) electrons. The summed E-state index contributed by atoms with van der Waals surface area (Å²) < 4.78 is 0. The van der Waals surface area contributed by atoms with Crippen LogP contribution in [0.4, 0.5) is 20.4 Å². The second-order valence-electron chi connectivity index (χ2n) is 3.92. The normalized spacial score (nSPS) is 10.2. The number of nitrogens with one attached hydrogen (secondary N) is 1. The molecule has 0 unspecified atom stereocenters. The monoisotopic (exact) mass is 345 g/mol. The first-order valence-corrected chi connectivity index (χ1v) is 7.24. The van der Waals surface area contributed by atoms with E-state index in [1.165, 1.54) is 12.1 Å². The number of thiazole rings is 1. The van der Waals surface area contributed by atoms with Gasteiger partial charge in [-0.25, -0.2) is 14.6 Å². The molecule has 1 heterocycles. The van der Waals surface area contributed by atoms with Gasteiger partial charge >= 0.3 is 12.1 Å². The first kappa shape index (κ1) is 15.6. The van der Waals surface area contributed by atoms with Crippen LogP contribution in [0.2, 0.25) is 10.0 Å². The highest BCUT2D eigenvalue weighted by Crippen LogP contribution is 2.30. The summed E-state index contributed by atoms with van der Waals surface area (Å²) >= 11 is 12.9. The first-order valence-electron chi connectivity index (χ1n) is 5.60. The first-order chi connectivity index (χ1) is 9.90. The van der Waals surface area contributed by atoms with Crippen LogP contribution in [0, 0.1) is 6.92 Å². The van der Waals surface area contributed by atoms with Gasteiger partial charge in [0, 0.05) is 5.38 Å². The minimum atomic E-state index is -1.45. The van der Waals surface area contributed by atoms with Gasteiger partial charge in [0.05, 0.1) is 21.4 Å². The number of aromatic nitrogens is 1. The molecule has 0 aliphatic rings. The lowest BCUT2D eigenvalue weighted by molar-refractivity contribution is 0.201. The molecule has 6 nitrogen and oxygen atoms in total. The molecular weight excluding hydrogens is 337 g/mol. The molecule has 9 heteroatoms. The van der Waals surface area contributed by atoms with Crippen molar-refractivity contribution in [3.8, 4) is 0 Å². The Morgan fingerprint density at radius 3 is 2.43 bits per heavy atom. The molecule has 3 amide bonds. The lowest BCUT2D eigenvalue weighted by Gasteiger charge is -2.16. The second kappa shape index (κ2) is 6.30. The van der Waals surface area contributed by atoms with Crippen molar-refractivity contribution in [1.29, 1.82) is 0 Å². The number of rotatable bonds is 2. The van der Waals surface area contributed by atoms with Gasteiger partial charge in [0.25, 0.3) is 0 Å². The SMILES string of the molecule is Cc1csc(N(C(=O)O)C(=O)Nc2c(Cl)cccc2Cl)n1. The van der Waals surface area contributed by atoms with E-state index in [0.29, 0.717) is 10.6 Å². The Kier molecular flexibility index (Phi) is 4.66. The number of para-hydroxylation sites is 1. The summed E-state index contributed by atoms with van der Waals surface area (Å²) in [6.07, 6.45) is -1.45. The van der Waals surface area contributed by atoms with Gasteiger partial charge in [-0.15, -0.1) is 11.3 Å². The lowest BCUT2D eigenvalue weighted by atomic mass is 10.3. The van der Waals surface area contributed by atoms with Crippen molar-refractivity contribution in [3.63, 3.8) is 0 Å². The van der Waals surface area contributed by atoms with Gasteiger partial charge in [0.15, 0.2) is 0 Å². The molecule has 0 spiro atoms. The van der Waals surface area contributed by atoms with E-state index in [4.69, 9.17) is 23.2 Å². The average molecular weight is 346 g/mol. The molecular formula is C12H9Cl2N3O3S. The van der Waals surface area contributed by atoms with Crippen molar-refractivity contribution in [1.82, 2.24) is 4.98 Å². The lowest BCUT2D eigenvalue weighted by Crippen LogP contribution is -2.39. The Hall–Kier alpha value is -1.83. The highest BCUT2D eigenvalue weighted by molar-refractivity contribution is 7.14. The maximum Gasteiger partial charge on any atom is 0.422 e. The molecule has 0 saturated carbocycles. The van der Waals surface area contributed by atoms with Crippen LogP contribution in [0.5, 0.6) is 0 Å². The van der Waals surface area contributed by atoms with E-state index in [1.54, 1.807) is 18.4 Å². The fourth-order valence-corrected chi connectivity index (χ4v) is 2.76. The summed E-state index contributed by atoms with van der Waals surface area (Å²) in [5, 5.41) is 13.7. The third-order valence-electron chi connectivity index (χ3n) is 2.39. The summed E-state index contributed by atoms with van der Waals surface area (Å²) in [6, 6.07) is 3.76. The number of hydrogen-bond acceptors (Lipinski definition) is 4. The van der Waals surface area contributed by atoms with E-state index in [-0.39, 0.29) is 20.9 Å². The molecule has 21 heavy (non-hydrogen) atoms. The number of nitrogens with zero attached hydrogens (tertiary/aromatic N) is 2. The number of urea groups is 1. The molecule has 0 atom stereocenters. The Balaban J connectivity index is 2.30. The van der Waals surface area contributed by atoms with Crippen LogP contribution < -0.4 is 10.2 Å². The maximum atomic E-state index is 12.2. The van der Waals surface area contributed by atoms with Crippen LogP contribution in [0.3, 0.4) is 0 Å². The zero-order valence-corrected chi connectivity index (χ0v) is 13.0. The Bertz CT molecular complexity index is 685. The van der Waals surface area contributed by atoms with Gasteiger partial charge in [-0.2, -0.15) is 4.90 Å².